The van der Waals surface area contributed by atoms with E-state index in [1.165, 1.54) is 0 Å². The summed E-state index contributed by atoms with van der Waals surface area (Å²) in [7, 11) is 0. The summed E-state index contributed by atoms with van der Waals surface area (Å²) in [6, 6.07) is 10.7. The molecule has 1 aromatic heterocycles. The van der Waals surface area contributed by atoms with Crippen molar-refractivity contribution in [3.63, 3.8) is 0 Å². The molecular formula is C20H20N2O4S. The molecule has 0 spiro atoms. The minimum Gasteiger partial charge on any atom is -0.381 e. The van der Waals surface area contributed by atoms with Crippen molar-refractivity contribution in [2.75, 3.05) is 19.8 Å². The molecule has 0 N–H and O–H groups in total. The number of benzene rings is 1. The van der Waals surface area contributed by atoms with Gasteiger partial charge in [-0.15, -0.1) is 11.3 Å². The predicted molar refractivity (Wildman–Crippen MR) is 101 cm³/mol. The molecule has 1 fully saturated rings. The first-order valence-electron chi connectivity index (χ1n) is 9.00. The van der Waals surface area contributed by atoms with E-state index in [1.807, 2.05) is 17.5 Å². The van der Waals surface area contributed by atoms with Crippen LogP contribution >= 0.6 is 11.3 Å². The Morgan fingerprint density at radius 2 is 1.74 bits per heavy atom. The van der Waals surface area contributed by atoms with Crippen LogP contribution in [0.4, 0.5) is 0 Å². The Labute approximate surface area is 161 Å². The minimum absolute atomic E-state index is 0.0588. The van der Waals surface area contributed by atoms with Crippen LogP contribution < -0.4 is 0 Å². The summed E-state index contributed by atoms with van der Waals surface area (Å²) in [6.45, 7) is 1.50. The summed E-state index contributed by atoms with van der Waals surface area (Å²) in [4.78, 5) is 42.2. The molecule has 4 rings (SSSR count). The van der Waals surface area contributed by atoms with Crippen molar-refractivity contribution in [3.05, 3.63) is 57.8 Å². The number of imide groups is 1. The number of ether oxygens (including phenoxy) is 1. The van der Waals surface area contributed by atoms with Gasteiger partial charge in [-0.3, -0.25) is 19.3 Å². The van der Waals surface area contributed by atoms with Gasteiger partial charge in [-0.2, -0.15) is 0 Å². The third-order valence-corrected chi connectivity index (χ3v) is 5.89. The number of fused-ring (bicyclic) bond motifs is 1. The highest BCUT2D eigenvalue weighted by atomic mass is 32.1. The minimum atomic E-state index is -0.396. The Bertz CT molecular complexity index is 824. The summed E-state index contributed by atoms with van der Waals surface area (Å²) >= 11 is 1.59. The number of hydrogen-bond donors (Lipinski definition) is 0. The van der Waals surface area contributed by atoms with E-state index >= 15 is 0 Å². The zero-order valence-corrected chi connectivity index (χ0v) is 15.6. The van der Waals surface area contributed by atoms with Crippen LogP contribution in [0.2, 0.25) is 0 Å². The van der Waals surface area contributed by atoms with Crippen molar-refractivity contribution in [1.29, 1.82) is 0 Å². The predicted octanol–water partition coefficient (Wildman–Crippen LogP) is 2.55. The van der Waals surface area contributed by atoms with Crippen LogP contribution in [-0.2, 0) is 16.1 Å². The molecule has 1 saturated heterocycles. The van der Waals surface area contributed by atoms with E-state index in [2.05, 4.69) is 0 Å². The SMILES string of the molecule is O=C1c2ccccc2C(=O)N1CC(=O)N(Cc1cccs1)C1CCOCC1. The van der Waals surface area contributed by atoms with Crippen LogP contribution in [0.3, 0.4) is 0 Å². The molecule has 27 heavy (non-hydrogen) atoms. The fourth-order valence-electron chi connectivity index (χ4n) is 3.60. The van der Waals surface area contributed by atoms with Gasteiger partial charge in [0, 0.05) is 24.1 Å². The van der Waals surface area contributed by atoms with Gasteiger partial charge in [-0.1, -0.05) is 18.2 Å². The zero-order valence-electron chi connectivity index (χ0n) is 14.8. The van der Waals surface area contributed by atoms with Gasteiger partial charge in [-0.05, 0) is 36.4 Å². The van der Waals surface area contributed by atoms with E-state index in [0.29, 0.717) is 30.9 Å². The molecule has 2 aliphatic rings. The maximum Gasteiger partial charge on any atom is 0.262 e. The van der Waals surface area contributed by atoms with Gasteiger partial charge in [0.15, 0.2) is 0 Å². The quantitative estimate of drug-likeness (QED) is 0.743. The first-order chi connectivity index (χ1) is 13.1. The molecule has 0 saturated carbocycles. The van der Waals surface area contributed by atoms with Crippen LogP contribution in [-0.4, -0.2) is 53.3 Å². The molecular weight excluding hydrogens is 364 g/mol. The molecule has 3 heterocycles. The Kier molecular flexibility index (Phi) is 5.05. The summed E-state index contributed by atoms with van der Waals surface area (Å²) in [5, 5.41) is 1.98. The van der Waals surface area contributed by atoms with E-state index in [1.54, 1.807) is 40.5 Å². The number of carbonyl (C=O) groups is 3. The molecule has 0 radical (unpaired) electrons. The van der Waals surface area contributed by atoms with Gasteiger partial charge in [0.25, 0.3) is 11.8 Å². The average molecular weight is 384 g/mol. The van der Waals surface area contributed by atoms with E-state index in [0.717, 1.165) is 22.6 Å². The number of carbonyl (C=O) groups excluding carboxylic acids is 3. The number of thiophene rings is 1. The molecule has 2 aliphatic heterocycles. The second-order valence-electron chi connectivity index (χ2n) is 6.69. The van der Waals surface area contributed by atoms with E-state index in [4.69, 9.17) is 4.74 Å². The van der Waals surface area contributed by atoms with Crippen molar-refractivity contribution < 1.29 is 19.1 Å². The number of rotatable bonds is 5. The van der Waals surface area contributed by atoms with Crippen molar-refractivity contribution in [3.8, 4) is 0 Å². The van der Waals surface area contributed by atoms with Gasteiger partial charge < -0.3 is 9.64 Å². The van der Waals surface area contributed by atoms with E-state index in [9.17, 15) is 14.4 Å². The number of amides is 3. The van der Waals surface area contributed by atoms with Crippen LogP contribution in [0.15, 0.2) is 41.8 Å². The van der Waals surface area contributed by atoms with Crippen LogP contribution in [0.25, 0.3) is 0 Å². The monoisotopic (exact) mass is 384 g/mol. The highest BCUT2D eigenvalue weighted by Crippen LogP contribution is 2.24. The molecule has 140 valence electrons. The molecule has 7 heteroatoms. The summed E-state index contributed by atoms with van der Waals surface area (Å²) < 4.78 is 5.42. The summed E-state index contributed by atoms with van der Waals surface area (Å²) in [5.41, 5.74) is 0.734. The van der Waals surface area contributed by atoms with Gasteiger partial charge in [0.1, 0.15) is 6.54 Å². The maximum absolute atomic E-state index is 13.1. The lowest BCUT2D eigenvalue weighted by Crippen LogP contribution is -2.48. The highest BCUT2D eigenvalue weighted by molar-refractivity contribution is 7.09. The Hall–Kier alpha value is -2.51. The topological polar surface area (TPSA) is 66.9 Å². The lowest BCUT2D eigenvalue weighted by atomic mass is 10.1. The molecule has 0 bridgehead atoms. The number of nitrogens with zero attached hydrogens (tertiary/aromatic N) is 2. The lowest BCUT2D eigenvalue weighted by molar-refractivity contribution is -0.136. The van der Waals surface area contributed by atoms with Crippen molar-refractivity contribution in [1.82, 2.24) is 9.80 Å². The first-order valence-corrected chi connectivity index (χ1v) is 9.88. The van der Waals surface area contributed by atoms with Crippen LogP contribution in [0, 0.1) is 0 Å². The second-order valence-corrected chi connectivity index (χ2v) is 7.72. The van der Waals surface area contributed by atoms with E-state index in [-0.39, 0.29) is 18.5 Å². The van der Waals surface area contributed by atoms with Gasteiger partial charge in [0.2, 0.25) is 5.91 Å². The normalized spacial score (nSPS) is 17.3. The molecule has 0 aliphatic carbocycles. The fraction of sp³-hybridized carbons (Fsp3) is 0.350. The average Bonchev–Trinajstić information content (AvgIpc) is 3.30. The fourth-order valence-corrected chi connectivity index (χ4v) is 4.30. The smallest absolute Gasteiger partial charge is 0.262 e. The second kappa shape index (κ2) is 7.62. The molecule has 6 nitrogen and oxygen atoms in total. The van der Waals surface area contributed by atoms with E-state index < -0.39 is 11.8 Å². The summed E-state index contributed by atoms with van der Waals surface area (Å²) in [6.07, 6.45) is 1.53. The van der Waals surface area contributed by atoms with Crippen LogP contribution in [0.5, 0.6) is 0 Å². The Morgan fingerprint density at radius 3 is 2.33 bits per heavy atom. The zero-order chi connectivity index (χ0) is 18.8. The van der Waals surface area contributed by atoms with Crippen LogP contribution in [0.1, 0.15) is 38.4 Å². The third-order valence-electron chi connectivity index (χ3n) is 5.03. The molecule has 3 amide bonds. The highest BCUT2D eigenvalue weighted by Gasteiger charge is 2.38. The molecule has 2 aromatic rings. The molecule has 0 atom stereocenters. The third kappa shape index (κ3) is 3.52. The maximum atomic E-state index is 13.1. The summed E-state index contributed by atoms with van der Waals surface area (Å²) in [5.74, 6) is -0.996. The Balaban J connectivity index is 1.53. The molecule has 1 aromatic carbocycles. The first kappa shape index (κ1) is 17.9. The van der Waals surface area contributed by atoms with Gasteiger partial charge in [0.05, 0.1) is 17.7 Å². The van der Waals surface area contributed by atoms with Gasteiger partial charge >= 0.3 is 0 Å². The lowest BCUT2D eigenvalue weighted by Gasteiger charge is -2.35. The van der Waals surface area contributed by atoms with Crippen molar-refractivity contribution >= 4 is 29.1 Å². The van der Waals surface area contributed by atoms with Gasteiger partial charge in [-0.25, -0.2) is 0 Å². The largest absolute Gasteiger partial charge is 0.381 e. The standard InChI is InChI=1S/C20H20N2O4S/c23-18(13-22-19(24)16-5-1-2-6-17(16)20(22)25)21(12-15-4-3-11-27-15)14-7-9-26-10-8-14/h1-6,11,14H,7-10,12-13H2. The Morgan fingerprint density at radius 1 is 1.07 bits per heavy atom. The van der Waals surface area contributed by atoms with Crippen molar-refractivity contribution in [2.24, 2.45) is 0 Å². The number of hydrogen-bond acceptors (Lipinski definition) is 5. The van der Waals surface area contributed by atoms with Crippen molar-refractivity contribution in [2.45, 2.75) is 25.4 Å². The molecule has 0 unspecified atom stereocenters.